The second-order valence-electron chi connectivity index (χ2n) is 3.29. The van der Waals surface area contributed by atoms with Crippen molar-refractivity contribution in [2.24, 2.45) is 11.5 Å². The summed E-state index contributed by atoms with van der Waals surface area (Å²) in [5.41, 5.74) is 12.1. The van der Waals surface area contributed by atoms with Gasteiger partial charge in [-0.15, -0.1) is 0 Å². The maximum absolute atomic E-state index is 9.75. The quantitative estimate of drug-likeness (QED) is 0.630. The van der Waals surface area contributed by atoms with Crippen LogP contribution in [0, 0.1) is 0 Å². The number of nitrogens with two attached hydrogens (primary N) is 2. The molecular formula is C10H16N2O. The Labute approximate surface area is 78.4 Å². The largest absolute Gasteiger partial charge is 0.387 e. The highest BCUT2D eigenvalue weighted by molar-refractivity contribution is 5.19. The third kappa shape index (κ3) is 2.52. The van der Waals surface area contributed by atoms with Gasteiger partial charge in [0.2, 0.25) is 0 Å². The second-order valence-corrected chi connectivity index (χ2v) is 3.29. The van der Waals surface area contributed by atoms with Crippen molar-refractivity contribution in [2.45, 2.75) is 25.1 Å². The summed E-state index contributed by atoms with van der Waals surface area (Å²) in [7, 11) is 0. The van der Waals surface area contributed by atoms with E-state index in [4.69, 9.17) is 11.5 Å². The van der Waals surface area contributed by atoms with Crippen molar-refractivity contribution in [1.29, 1.82) is 0 Å². The highest BCUT2D eigenvalue weighted by Gasteiger charge is 2.19. The summed E-state index contributed by atoms with van der Waals surface area (Å²) in [6.07, 6.45) is -0.679. The minimum atomic E-state index is -0.679. The number of hydrogen-bond donors (Lipinski definition) is 3. The maximum Gasteiger partial charge on any atom is 0.0955 e. The van der Waals surface area contributed by atoms with E-state index in [2.05, 4.69) is 0 Å². The molecule has 0 radical (unpaired) electrons. The highest BCUT2D eigenvalue weighted by atomic mass is 16.3. The molecule has 1 aromatic carbocycles. The van der Waals surface area contributed by atoms with E-state index in [9.17, 15) is 5.11 Å². The summed E-state index contributed by atoms with van der Waals surface area (Å²) < 4.78 is 0. The third-order valence-corrected chi connectivity index (χ3v) is 2.11. The number of aliphatic hydroxyl groups excluding tert-OH is 1. The average Bonchev–Trinajstić information content (AvgIpc) is 2.17. The summed E-state index contributed by atoms with van der Waals surface area (Å²) in [5.74, 6) is 0. The first kappa shape index (κ1) is 10.2. The third-order valence-electron chi connectivity index (χ3n) is 2.11. The maximum atomic E-state index is 9.75. The van der Waals surface area contributed by atoms with Crippen molar-refractivity contribution >= 4 is 0 Å². The number of hydrogen-bond acceptors (Lipinski definition) is 3. The molecule has 0 heterocycles. The fourth-order valence-electron chi connectivity index (χ4n) is 1.16. The normalized spacial score (nSPS) is 17.8. The van der Waals surface area contributed by atoms with Gasteiger partial charge in [-0.25, -0.2) is 0 Å². The average molecular weight is 180 g/mol. The predicted octanol–water partition coefficient (Wildman–Crippen LogP) is 0.395. The molecule has 0 unspecified atom stereocenters. The minimum Gasteiger partial charge on any atom is -0.387 e. The zero-order chi connectivity index (χ0) is 9.84. The first-order valence-corrected chi connectivity index (χ1v) is 4.37. The molecule has 1 rings (SSSR count). The Morgan fingerprint density at radius 1 is 1.15 bits per heavy atom. The molecule has 0 saturated heterocycles. The number of rotatable bonds is 3. The molecule has 0 aliphatic carbocycles. The lowest BCUT2D eigenvalue weighted by Gasteiger charge is -2.22. The Morgan fingerprint density at radius 3 is 2.15 bits per heavy atom. The van der Waals surface area contributed by atoms with Crippen LogP contribution < -0.4 is 11.5 Å². The summed E-state index contributed by atoms with van der Waals surface area (Å²) in [5, 5.41) is 9.75. The standard InChI is InChI=1S/C10H16N2O/c1-7(11)9(12)10(13)8-5-3-2-4-6-8/h2-7,9-10,13H,11-12H2,1H3/t7-,9+,10-/m0/s1. The van der Waals surface area contributed by atoms with Crippen molar-refractivity contribution in [3.05, 3.63) is 35.9 Å². The van der Waals surface area contributed by atoms with Gasteiger partial charge in [-0.2, -0.15) is 0 Å². The van der Waals surface area contributed by atoms with Gasteiger partial charge in [0.15, 0.2) is 0 Å². The van der Waals surface area contributed by atoms with Crippen LogP contribution in [0.25, 0.3) is 0 Å². The molecule has 72 valence electrons. The van der Waals surface area contributed by atoms with Crippen LogP contribution in [-0.2, 0) is 0 Å². The Hall–Kier alpha value is -0.900. The monoisotopic (exact) mass is 180 g/mol. The van der Waals surface area contributed by atoms with Crippen LogP contribution in [-0.4, -0.2) is 17.2 Å². The minimum absolute atomic E-state index is 0.213. The van der Waals surface area contributed by atoms with E-state index in [1.165, 1.54) is 0 Å². The van der Waals surface area contributed by atoms with Crippen LogP contribution in [0.3, 0.4) is 0 Å². The zero-order valence-electron chi connectivity index (χ0n) is 7.72. The lowest BCUT2D eigenvalue weighted by atomic mass is 9.99. The highest BCUT2D eigenvalue weighted by Crippen LogP contribution is 2.15. The van der Waals surface area contributed by atoms with Gasteiger partial charge in [0.05, 0.1) is 6.10 Å². The lowest BCUT2D eigenvalue weighted by molar-refractivity contribution is 0.137. The molecule has 0 fully saturated rings. The van der Waals surface area contributed by atoms with Crippen LogP contribution in [0.1, 0.15) is 18.6 Å². The van der Waals surface area contributed by atoms with E-state index in [1.807, 2.05) is 30.3 Å². The summed E-state index contributed by atoms with van der Waals surface area (Å²) in [4.78, 5) is 0. The zero-order valence-corrected chi connectivity index (χ0v) is 7.72. The van der Waals surface area contributed by atoms with Crippen LogP contribution in [0.4, 0.5) is 0 Å². The molecule has 0 aliphatic heterocycles. The summed E-state index contributed by atoms with van der Waals surface area (Å²) in [6.45, 7) is 1.79. The van der Waals surface area contributed by atoms with Crippen LogP contribution in [0.2, 0.25) is 0 Å². The van der Waals surface area contributed by atoms with Crippen LogP contribution >= 0.6 is 0 Å². The molecule has 1 aromatic rings. The molecule has 0 saturated carbocycles. The molecule has 5 N–H and O–H groups in total. The molecule has 3 atom stereocenters. The molecule has 3 nitrogen and oxygen atoms in total. The van der Waals surface area contributed by atoms with Crippen LogP contribution in [0.15, 0.2) is 30.3 Å². The SMILES string of the molecule is C[C@H](N)[C@@H](N)[C@@H](O)c1ccccc1. The van der Waals surface area contributed by atoms with E-state index in [0.29, 0.717) is 0 Å². The summed E-state index contributed by atoms with van der Waals surface area (Å²) in [6, 6.07) is 8.68. The van der Waals surface area contributed by atoms with Gasteiger partial charge >= 0.3 is 0 Å². The smallest absolute Gasteiger partial charge is 0.0955 e. The van der Waals surface area contributed by atoms with E-state index in [1.54, 1.807) is 6.92 Å². The van der Waals surface area contributed by atoms with Gasteiger partial charge in [0, 0.05) is 12.1 Å². The van der Waals surface area contributed by atoms with Crippen LogP contribution in [0.5, 0.6) is 0 Å². The Balaban J connectivity index is 2.73. The van der Waals surface area contributed by atoms with Gasteiger partial charge < -0.3 is 16.6 Å². The molecule has 0 amide bonds. The van der Waals surface area contributed by atoms with E-state index in [-0.39, 0.29) is 6.04 Å². The predicted molar refractivity (Wildman–Crippen MR) is 53.0 cm³/mol. The topological polar surface area (TPSA) is 72.3 Å². The second kappa shape index (κ2) is 4.37. The van der Waals surface area contributed by atoms with Crippen molar-refractivity contribution in [2.75, 3.05) is 0 Å². The fraction of sp³-hybridized carbons (Fsp3) is 0.400. The molecule has 0 bridgehead atoms. The molecular weight excluding hydrogens is 164 g/mol. The molecule has 0 aliphatic rings. The van der Waals surface area contributed by atoms with Gasteiger partial charge in [-0.1, -0.05) is 30.3 Å². The first-order valence-electron chi connectivity index (χ1n) is 4.37. The molecule has 0 spiro atoms. The van der Waals surface area contributed by atoms with Crippen molar-refractivity contribution in [3.63, 3.8) is 0 Å². The van der Waals surface area contributed by atoms with E-state index >= 15 is 0 Å². The Morgan fingerprint density at radius 2 is 1.69 bits per heavy atom. The lowest BCUT2D eigenvalue weighted by Crippen LogP contribution is -2.43. The van der Waals surface area contributed by atoms with Crippen molar-refractivity contribution in [3.8, 4) is 0 Å². The molecule has 3 heteroatoms. The van der Waals surface area contributed by atoms with Gasteiger partial charge in [-0.3, -0.25) is 0 Å². The fourth-order valence-corrected chi connectivity index (χ4v) is 1.16. The molecule has 13 heavy (non-hydrogen) atoms. The van der Waals surface area contributed by atoms with Crippen molar-refractivity contribution in [1.82, 2.24) is 0 Å². The first-order chi connectivity index (χ1) is 6.13. The number of benzene rings is 1. The molecule has 0 aromatic heterocycles. The van der Waals surface area contributed by atoms with Crippen molar-refractivity contribution < 1.29 is 5.11 Å². The summed E-state index contributed by atoms with van der Waals surface area (Å²) >= 11 is 0. The van der Waals surface area contributed by atoms with Gasteiger partial charge in [0.25, 0.3) is 0 Å². The van der Waals surface area contributed by atoms with Gasteiger partial charge in [-0.05, 0) is 12.5 Å². The number of aliphatic hydroxyl groups is 1. The van der Waals surface area contributed by atoms with E-state index < -0.39 is 12.1 Å². The Bertz CT molecular complexity index is 248. The van der Waals surface area contributed by atoms with Gasteiger partial charge in [0.1, 0.15) is 0 Å². The van der Waals surface area contributed by atoms with E-state index in [0.717, 1.165) is 5.56 Å². The Kier molecular flexibility index (Phi) is 3.42.